The predicted molar refractivity (Wildman–Crippen MR) is 96.3 cm³/mol. The van der Waals surface area contributed by atoms with Gasteiger partial charge in [0.1, 0.15) is 11.5 Å². The summed E-state index contributed by atoms with van der Waals surface area (Å²) in [7, 11) is 0. The molecule has 0 saturated carbocycles. The van der Waals surface area contributed by atoms with Crippen LogP contribution in [0.25, 0.3) is 0 Å². The minimum atomic E-state index is -4.98. The van der Waals surface area contributed by atoms with Gasteiger partial charge >= 0.3 is 12.4 Å². The standard InChI is InChI=1S/C20H18F6N2O2/c21-19(22,23)13-8-14(20(24,25)26)10-17(9-13)30-16-5-1-3-12(7-16)18(29)28-11-15-4-2-6-27-15/h1,3,5,7-10,15,27H,2,4,6,11H2,(H,28,29)/t15-/m1/s1. The largest absolute Gasteiger partial charge is 0.457 e. The van der Waals surface area contributed by atoms with Crippen molar-refractivity contribution in [3.63, 3.8) is 0 Å². The van der Waals surface area contributed by atoms with Gasteiger partial charge in [0.15, 0.2) is 0 Å². The Kier molecular flexibility index (Phi) is 6.25. The molecular formula is C20H18F6N2O2. The Balaban J connectivity index is 1.79. The van der Waals surface area contributed by atoms with Crippen LogP contribution in [0.15, 0.2) is 42.5 Å². The topological polar surface area (TPSA) is 50.4 Å². The van der Waals surface area contributed by atoms with E-state index < -0.39 is 35.1 Å². The van der Waals surface area contributed by atoms with Crippen molar-refractivity contribution < 1.29 is 35.9 Å². The summed E-state index contributed by atoms with van der Waals surface area (Å²) < 4.78 is 83.1. The van der Waals surface area contributed by atoms with Crippen LogP contribution in [0.4, 0.5) is 26.3 Å². The summed E-state index contributed by atoms with van der Waals surface area (Å²) in [6.45, 7) is 1.28. The monoisotopic (exact) mass is 432 g/mol. The summed E-state index contributed by atoms with van der Waals surface area (Å²) in [5, 5.41) is 5.95. The molecular weight excluding hydrogens is 414 g/mol. The number of ether oxygens (including phenoxy) is 1. The molecule has 2 aromatic rings. The van der Waals surface area contributed by atoms with Crippen LogP contribution in [0.5, 0.6) is 11.5 Å². The Morgan fingerprint density at radius 1 is 1.00 bits per heavy atom. The number of rotatable bonds is 5. The van der Waals surface area contributed by atoms with E-state index in [0.29, 0.717) is 18.7 Å². The lowest BCUT2D eigenvalue weighted by atomic mass is 10.1. The maximum atomic E-state index is 13.0. The van der Waals surface area contributed by atoms with Gasteiger partial charge in [-0.1, -0.05) is 6.07 Å². The van der Waals surface area contributed by atoms with Crippen LogP contribution >= 0.6 is 0 Å². The van der Waals surface area contributed by atoms with E-state index in [4.69, 9.17) is 4.74 Å². The van der Waals surface area contributed by atoms with Gasteiger partial charge in [-0.25, -0.2) is 0 Å². The van der Waals surface area contributed by atoms with Crippen LogP contribution in [0.3, 0.4) is 0 Å². The van der Waals surface area contributed by atoms with Gasteiger partial charge in [0.25, 0.3) is 5.91 Å². The molecule has 0 aliphatic carbocycles. The van der Waals surface area contributed by atoms with E-state index in [2.05, 4.69) is 10.6 Å². The number of hydrogen-bond donors (Lipinski definition) is 2. The van der Waals surface area contributed by atoms with Crippen LogP contribution in [0.1, 0.15) is 34.3 Å². The summed E-state index contributed by atoms with van der Waals surface area (Å²) in [4.78, 5) is 12.3. The third-order valence-corrected chi connectivity index (χ3v) is 4.56. The van der Waals surface area contributed by atoms with Crippen molar-refractivity contribution in [1.82, 2.24) is 10.6 Å². The van der Waals surface area contributed by atoms with E-state index in [9.17, 15) is 31.1 Å². The van der Waals surface area contributed by atoms with Crippen molar-refractivity contribution in [2.45, 2.75) is 31.2 Å². The van der Waals surface area contributed by atoms with Crippen LogP contribution in [-0.2, 0) is 12.4 Å². The highest BCUT2D eigenvalue weighted by molar-refractivity contribution is 5.94. The fourth-order valence-corrected chi connectivity index (χ4v) is 3.07. The van der Waals surface area contributed by atoms with Gasteiger partial charge in [0.2, 0.25) is 0 Å². The van der Waals surface area contributed by atoms with Gasteiger partial charge in [0, 0.05) is 18.2 Å². The molecule has 0 unspecified atom stereocenters. The Morgan fingerprint density at radius 2 is 1.67 bits per heavy atom. The number of carbonyl (C=O) groups excluding carboxylic acids is 1. The van der Waals surface area contributed by atoms with Gasteiger partial charge in [-0.2, -0.15) is 26.3 Å². The molecule has 10 heteroatoms. The molecule has 0 aromatic heterocycles. The molecule has 1 aliphatic rings. The molecule has 1 fully saturated rings. The fourth-order valence-electron chi connectivity index (χ4n) is 3.07. The zero-order chi connectivity index (χ0) is 21.9. The Hall–Kier alpha value is -2.75. The summed E-state index contributed by atoms with van der Waals surface area (Å²) >= 11 is 0. The van der Waals surface area contributed by atoms with Gasteiger partial charge in [0.05, 0.1) is 11.1 Å². The molecule has 2 N–H and O–H groups in total. The minimum absolute atomic E-state index is 0.0216. The number of amides is 1. The van der Waals surface area contributed by atoms with Crippen LogP contribution in [0.2, 0.25) is 0 Å². The van der Waals surface area contributed by atoms with Crippen LogP contribution in [0, 0.1) is 0 Å². The molecule has 3 rings (SSSR count). The third-order valence-electron chi connectivity index (χ3n) is 4.56. The number of alkyl halides is 6. The van der Waals surface area contributed by atoms with Gasteiger partial charge in [-0.05, 0) is 55.8 Å². The van der Waals surface area contributed by atoms with E-state index in [1.54, 1.807) is 0 Å². The number of carbonyl (C=O) groups is 1. The molecule has 0 bridgehead atoms. The lowest BCUT2D eigenvalue weighted by molar-refractivity contribution is -0.143. The molecule has 30 heavy (non-hydrogen) atoms. The molecule has 1 heterocycles. The average molecular weight is 432 g/mol. The first-order chi connectivity index (χ1) is 14.0. The molecule has 1 aliphatic heterocycles. The summed E-state index contributed by atoms with van der Waals surface area (Å²) in [6, 6.07) is 6.64. The summed E-state index contributed by atoms with van der Waals surface area (Å²) in [6.07, 6.45) is -8.01. The molecule has 1 saturated heterocycles. The van der Waals surface area contributed by atoms with Crippen molar-refractivity contribution >= 4 is 5.91 Å². The molecule has 2 aromatic carbocycles. The Morgan fingerprint density at radius 3 is 2.23 bits per heavy atom. The lowest BCUT2D eigenvalue weighted by Gasteiger charge is -2.15. The van der Waals surface area contributed by atoms with E-state index in [0.717, 1.165) is 19.4 Å². The van der Waals surface area contributed by atoms with E-state index in [1.807, 2.05) is 0 Å². The molecule has 1 atom stereocenters. The highest BCUT2D eigenvalue weighted by atomic mass is 19.4. The highest BCUT2D eigenvalue weighted by Gasteiger charge is 2.37. The zero-order valence-corrected chi connectivity index (χ0v) is 15.5. The maximum absolute atomic E-state index is 13.0. The third kappa shape index (κ3) is 5.65. The van der Waals surface area contributed by atoms with E-state index >= 15 is 0 Å². The van der Waals surface area contributed by atoms with Crippen molar-refractivity contribution in [2.75, 3.05) is 13.1 Å². The Bertz CT molecular complexity index is 873. The van der Waals surface area contributed by atoms with Gasteiger partial charge in [-0.3, -0.25) is 4.79 Å². The summed E-state index contributed by atoms with van der Waals surface area (Å²) in [5.41, 5.74) is -2.79. The van der Waals surface area contributed by atoms with Crippen molar-refractivity contribution in [3.8, 4) is 11.5 Å². The van der Waals surface area contributed by atoms with Gasteiger partial charge in [-0.15, -0.1) is 0 Å². The second-order valence-corrected chi connectivity index (χ2v) is 6.87. The average Bonchev–Trinajstić information content (AvgIpc) is 3.18. The number of hydrogen-bond acceptors (Lipinski definition) is 3. The second kappa shape index (κ2) is 8.55. The smallest absolute Gasteiger partial charge is 0.416 e. The molecule has 162 valence electrons. The van der Waals surface area contributed by atoms with Crippen LogP contribution < -0.4 is 15.4 Å². The SMILES string of the molecule is O=C(NC[C@H]1CCCN1)c1cccc(Oc2cc(C(F)(F)F)cc(C(F)(F)F)c2)c1. The Labute approximate surface area is 168 Å². The quantitative estimate of drug-likeness (QED) is 0.654. The van der Waals surface area contributed by atoms with Crippen molar-refractivity contribution in [1.29, 1.82) is 0 Å². The predicted octanol–water partition coefficient (Wildman–Crippen LogP) is 5.00. The number of halogens is 6. The highest BCUT2D eigenvalue weighted by Crippen LogP contribution is 2.39. The van der Waals surface area contributed by atoms with Crippen molar-refractivity contribution in [2.24, 2.45) is 0 Å². The normalized spacial score (nSPS) is 17.1. The fraction of sp³-hybridized carbons (Fsp3) is 0.350. The first kappa shape index (κ1) is 21.9. The van der Waals surface area contributed by atoms with Crippen LogP contribution in [-0.4, -0.2) is 25.0 Å². The minimum Gasteiger partial charge on any atom is -0.457 e. The second-order valence-electron chi connectivity index (χ2n) is 6.87. The number of benzene rings is 2. The zero-order valence-electron chi connectivity index (χ0n) is 15.5. The first-order valence-electron chi connectivity index (χ1n) is 9.11. The molecule has 4 nitrogen and oxygen atoms in total. The lowest BCUT2D eigenvalue weighted by Crippen LogP contribution is -2.37. The number of nitrogens with one attached hydrogen (secondary N) is 2. The molecule has 1 amide bonds. The van der Waals surface area contributed by atoms with Gasteiger partial charge < -0.3 is 15.4 Å². The van der Waals surface area contributed by atoms with Crippen molar-refractivity contribution in [3.05, 3.63) is 59.2 Å². The van der Waals surface area contributed by atoms with E-state index in [1.165, 1.54) is 24.3 Å². The molecule has 0 radical (unpaired) electrons. The molecule has 0 spiro atoms. The maximum Gasteiger partial charge on any atom is 0.416 e. The first-order valence-corrected chi connectivity index (χ1v) is 9.11. The van der Waals surface area contributed by atoms with E-state index in [-0.39, 0.29) is 23.4 Å². The summed E-state index contributed by atoms with van der Waals surface area (Å²) in [5.74, 6) is -1.12.